The van der Waals surface area contributed by atoms with Gasteiger partial charge in [-0.2, -0.15) is 0 Å². The van der Waals surface area contributed by atoms with Crippen LogP contribution in [0.2, 0.25) is 0 Å². The molecular formula is C35H39N3O4S. The highest BCUT2D eigenvalue weighted by molar-refractivity contribution is 7.92. The fourth-order valence-corrected chi connectivity index (χ4v) is 6.58. The summed E-state index contributed by atoms with van der Waals surface area (Å²) >= 11 is 0. The largest absolute Gasteiger partial charge is 0.355 e. The Hall–Kier alpha value is -4.43. The Bertz CT molecular complexity index is 1660. The van der Waals surface area contributed by atoms with Gasteiger partial charge in [-0.15, -0.1) is 0 Å². The van der Waals surface area contributed by atoms with Gasteiger partial charge in [0.25, 0.3) is 10.0 Å². The third-order valence-electron chi connectivity index (χ3n) is 7.51. The number of sulfonamides is 1. The van der Waals surface area contributed by atoms with Gasteiger partial charge in [0, 0.05) is 19.5 Å². The highest BCUT2D eigenvalue weighted by Crippen LogP contribution is 2.29. The lowest BCUT2D eigenvalue weighted by Crippen LogP contribution is -2.53. The fourth-order valence-electron chi connectivity index (χ4n) is 5.09. The number of likely N-dealkylation sites (N-methyl/N-ethyl adjacent to an activating group) is 1. The molecule has 4 aromatic rings. The quantitative estimate of drug-likeness (QED) is 0.231. The van der Waals surface area contributed by atoms with Crippen molar-refractivity contribution in [2.24, 2.45) is 0 Å². The average molecular weight is 598 g/mol. The molecule has 1 N–H and O–H groups in total. The van der Waals surface area contributed by atoms with Crippen LogP contribution in [0.4, 0.5) is 5.69 Å². The second-order valence-electron chi connectivity index (χ2n) is 10.7. The smallest absolute Gasteiger partial charge is 0.264 e. The summed E-state index contributed by atoms with van der Waals surface area (Å²) in [5.74, 6) is -0.773. The predicted octanol–water partition coefficient (Wildman–Crippen LogP) is 5.58. The van der Waals surface area contributed by atoms with Crippen molar-refractivity contribution < 1.29 is 18.0 Å². The van der Waals surface area contributed by atoms with E-state index in [9.17, 15) is 18.0 Å². The van der Waals surface area contributed by atoms with E-state index in [1.54, 1.807) is 30.3 Å². The zero-order chi connectivity index (χ0) is 31.0. The van der Waals surface area contributed by atoms with Crippen molar-refractivity contribution in [3.05, 3.63) is 131 Å². The maximum absolute atomic E-state index is 14.5. The first-order valence-electron chi connectivity index (χ1n) is 14.4. The topological polar surface area (TPSA) is 86.8 Å². The molecule has 8 heteroatoms. The second kappa shape index (κ2) is 14.2. The van der Waals surface area contributed by atoms with Crippen LogP contribution < -0.4 is 9.62 Å². The number of hydrogen-bond donors (Lipinski definition) is 1. The number of rotatable bonds is 12. The second-order valence-corrected chi connectivity index (χ2v) is 12.5. The van der Waals surface area contributed by atoms with Crippen molar-refractivity contribution in [1.82, 2.24) is 10.2 Å². The summed E-state index contributed by atoms with van der Waals surface area (Å²) in [6.45, 7) is 7.62. The number of benzene rings is 4. The van der Waals surface area contributed by atoms with Crippen LogP contribution >= 0.6 is 0 Å². The lowest BCUT2D eigenvalue weighted by atomic mass is 10.0. The van der Waals surface area contributed by atoms with Gasteiger partial charge in [-0.25, -0.2) is 8.42 Å². The van der Waals surface area contributed by atoms with E-state index in [0.717, 1.165) is 27.8 Å². The maximum Gasteiger partial charge on any atom is 0.264 e. The van der Waals surface area contributed by atoms with Crippen LogP contribution in [0.3, 0.4) is 0 Å². The summed E-state index contributed by atoms with van der Waals surface area (Å²) in [7, 11) is -4.13. The number of aryl methyl sites for hydroxylation is 2. The molecule has 0 aliphatic rings. The lowest BCUT2D eigenvalue weighted by molar-refractivity contribution is -0.140. The van der Waals surface area contributed by atoms with Gasteiger partial charge in [-0.1, -0.05) is 90.5 Å². The SMILES string of the molecule is CCNC(=O)[C@H](Cc1ccccc1)N(Cc1cccc(C)c1)C(=O)CN(c1cccc(C)c1C)S(=O)(=O)c1ccccc1. The third-order valence-corrected chi connectivity index (χ3v) is 9.29. The molecule has 0 unspecified atom stereocenters. The minimum Gasteiger partial charge on any atom is -0.355 e. The number of carbonyl (C=O) groups is 2. The number of amides is 2. The van der Waals surface area contributed by atoms with Gasteiger partial charge in [-0.05, 0) is 68.1 Å². The molecule has 0 saturated carbocycles. The Labute approximate surface area is 255 Å². The number of nitrogens with zero attached hydrogens (tertiary/aromatic N) is 2. The first-order valence-corrected chi connectivity index (χ1v) is 15.9. The molecule has 2 amide bonds. The van der Waals surface area contributed by atoms with Gasteiger partial charge in [0.1, 0.15) is 12.6 Å². The van der Waals surface area contributed by atoms with E-state index >= 15 is 0 Å². The van der Waals surface area contributed by atoms with E-state index in [-0.39, 0.29) is 23.8 Å². The molecule has 224 valence electrons. The van der Waals surface area contributed by atoms with Gasteiger partial charge >= 0.3 is 0 Å². The molecule has 0 radical (unpaired) electrons. The predicted molar refractivity (Wildman–Crippen MR) is 171 cm³/mol. The normalized spacial score (nSPS) is 11.9. The van der Waals surface area contributed by atoms with E-state index in [0.29, 0.717) is 12.2 Å². The summed E-state index contributed by atoms with van der Waals surface area (Å²) in [4.78, 5) is 29.7. The van der Waals surface area contributed by atoms with Gasteiger partial charge in [0.05, 0.1) is 10.6 Å². The molecule has 0 spiro atoms. The van der Waals surface area contributed by atoms with E-state index in [2.05, 4.69) is 5.32 Å². The standard InChI is InChI=1S/C35H39N3O4S/c1-5-36-35(40)33(23-29-16-8-6-9-17-29)37(24-30-18-12-14-26(2)22-30)34(39)25-38(32-21-13-15-27(3)28(32)4)43(41,42)31-19-10-7-11-20-31/h6-22,33H,5,23-25H2,1-4H3,(H,36,40)/t33-/m0/s1. The summed E-state index contributed by atoms with van der Waals surface area (Å²) in [5, 5.41) is 2.89. The van der Waals surface area contributed by atoms with Crippen LogP contribution in [0.15, 0.2) is 108 Å². The minimum absolute atomic E-state index is 0.0819. The van der Waals surface area contributed by atoms with Crippen molar-refractivity contribution >= 4 is 27.5 Å². The maximum atomic E-state index is 14.5. The molecular weight excluding hydrogens is 558 g/mol. The first kappa shape index (κ1) is 31.5. The first-order chi connectivity index (χ1) is 20.6. The molecule has 0 heterocycles. The molecule has 1 atom stereocenters. The Morgan fingerprint density at radius 2 is 1.42 bits per heavy atom. The fraction of sp³-hybridized carbons (Fsp3) is 0.257. The Morgan fingerprint density at radius 1 is 0.791 bits per heavy atom. The highest BCUT2D eigenvalue weighted by atomic mass is 32.2. The van der Waals surface area contributed by atoms with E-state index in [1.165, 1.54) is 21.3 Å². The Morgan fingerprint density at radius 3 is 2.07 bits per heavy atom. The molecule has 0 aliphatic heterocycles. The van der Waals surface area contributed by atoms with Crippen LogP contribution in [0.5, 0.6) is 0 Å². The summed E-state index contributed by atoms with van der Waals surface area (Å²) in [5.41, 5.74) is 4.84. The van der Waals surface area contributed by atoms with Crippen LogP contribution in [-0.2, 0) is 32.6 Å². The zero-order valence-electron chi connectivity index (χ0n) is 25.2. The van der Waals surface area contributed by atoms with Crippen molar-refractivity contribution in [3.63, 3.8) is 0 Å². The van der Waals surface area contributed by atoms with Gasteiger partial charge < -0.3 is 10.2 Å². The van der Waals surface area contributed by atoms with Crippen molar-refractivity contribution in [2.45, 2.75) is 51.6 Å². The van der Waals surface area contributed by atoms with Crippen molar-refractivity contribution in [2.75, 3.05) is 17.4 Å². The summed E-state index contributed by atoms with van der Waals surface area (Å²) in [6.07, 6.45) is 0.277. The van der Waals surface area contributed by atoms with Crippen LogP contribution in [0.1, 0.15) is 34.7 Å². The molecule has 4 rings (SSSR count). The number of carbonyl (C=O) groups excluding carboxylic acids is 2. The van der Waals surface area contributed by atoms with E-state index in [4.69, 9.17) is 0 Å². The lowest BCUT2D eigenvalue weighted by Gasteiger charge is -2.34. The Kier molecular flexibility index (Phi) is 10.4. The van der Waals surface area contributed by atoms with Gasteiger partial charge in [-0.3, -0.25) is 13.9 Å². The molecule has 0 aliphatic carbocycles. The molecule has 4 aromatic carbocycles. The Balaban J connectivity index is 1.82. The molecule has 7 nitrogen and oxygen atoms in total. The number of nitrogens with one attached hydrogen (secondary N) is 1. The van der Waals surface area contributed by atoms with Crippen molar-refractivity contribution in [1.29, 1.82) is 0 Å². The summed E-state index contributed by atoms with van der Waals surface area (Å²) < 4.78 is 29.4. The zero-order valence-corrected chi connectivity index (χ0v) is 26.0. The number of hydrogen-bond acceptors (Lipinski definition) is 4. The molecule has 0 saturated heterocycles. The average Bonchev–Trinajstić information content (AvgIpc) is 3.00. The number of anilines is 1. The highest BCUT2D eigenvalue weighted by Gasteiger charge is 2.35. The summed E-state index contributed by atoms with van der Waals surface area (Å²) in [6, 6.07) is 29.9. The van der Waals surface area contributed by atoms with Crippen LogP contribution in [0.25, 0.3) is 0 Å². The van der Waals surface area contributed by atoms with Crippen molar-refractivity contribution in [3.8, 4) is 0 Å². The van der Waals surface area contributed by atoms with Crippen LogP contribution in [-0.4, -0.2) is 44.3 Å². The van der Waals surface area contributed by atoms with Crippen LogP contribution in [0, 0.1) is 20.8 Å². The minimum atomic E-state index is -4.13. The third kappa shape index (κ3) is 7.70. The van der Waals surface area contributed by atoms with Gasteiger partial charge in [0.2, 0.25) is 11.8 Å². The monoisotopic (exact) mass is 597 g/mol. The van der Waals surface area contributed by atoms with E-state index in [1.807, 2.05) is 88.4 Å². The van der Waals surface area contributed by atoms with E-state index < -0.39 is 28.5 Å². The molecule has 43 heavy (non-hydrogen) atoms. The van der Waals surface area contributed by atoms with Gasteiger partial charge in [0.15, 0.2) is 0 Å². The molecule has 0 fully saturated rings. The molecule has 0 bridgehead atoms. The molecule has 0 aromatic heterocycles.